The van der Waals surface area contributed by atoms with Gasteiger partial charge in [-0.2, -0.15) is 9.97 Å². The molecule has 8 heteroatoms. The number of aromatic nitrogens is 3. The van der Waals surface area contributed by atoms with E-state index in [1.54, 1.807) is 7.05 Å². The first-order valence-corrected chi connectivity index (χ1v) is 6.61. The fourth-order valence-corrected chi connectivity index (χ4v) is 1.69. The smallest absolute Gasteiger partial charge is 0.330 e. The quantitative estimate of drug-likeness (QED) is 0.900. The van der Waals surface area contributed by atoms with E-state index in [1.165, 1.54) is 18.2 Å². The minimum atomic E-state index is -0.376. The van der Waals surface area contributed by atoms with Crippen molar-refractivity contribution in [1.29, 1.82) is 0 Å². The average molecular weight is 343 g/mol. The number of nitrogens with zero attached hydrogens (tertiary/aromatic N) is 3. The van der Waals surface area contributed by atoms with Crippen LogP contribution in [0.4, 0.5) is 10.3 Å². The average Bonchev–Trinajstić information content (AvgIpc) is 2.43. The molecule has 0 radical (unpaired) electrons. The summed E-state index contributed by atoms with van der Waals surface area (Å²) in [5, 5.41) is 2.78. The molecule has 2 aromatic rings. The van der Waals surface area contributed by atoms with Crippen LogP contribution >= 0.6 is 15.9 Å². The third-order valence-corrected chi connectivity index (χ3v) is 2.80. The lowest BCUT2D eigenvalue weighted by molar-refractivity contribution is 0.304. The Kier molecular flexibility index (Phi) is 4.67. The topological polar surface area (TPSA) is 69.2 Å². The molecule has 0 saturated heterocycles. The first kappa shape index (κ1) is 14.4. The van der Waals surface area contributed by atoms with E-state index in [2.05, 4.69) is 36.2 Å². The van der Waals surface area contributed by atoms with Crippen molar-refractivity contribution in [1.82, 2.24) is 15.0 Å². The Morgan fingerprint density at radius 3 is 2.65 bits per heavy atom. The van der Waals surface area contributed by atoms with Crippen molar-refractivity contribution in [2.24, 2.45) is 0 Å². The van der Waals surface area contributed by atoms with Gasteiger partial charge in [0, 0.05) is 7.05 Å². The predicted molar refractivity (Wildman–Crippen MR) is 74.7 cm³/mol. The highest BCUT2D eigenvalue weighted by atomic mass is 79.9. The zero-order chi connectivity index (χ0) is 14.5. The van der Waals surface area contributed by atoms with Crippen molar-refractivity contribution in [3.05, 3.63) is 28.5 Å². The highest BCUT2D eigenvalue weighted by Gasteiger charge is 2.09. The van der Waals surface area contributed by atoms with Gasteiger partial charge >= 0.3 is 12.0 Å². The molecule has 0 aliphatic carbocycles. The second-order valence-corrected chi connectivity index (χ2v) is 4.44. The number of hydrogen-bond donors (Lipinski definition) is 1. The third kappa shape index (κ3) is 3.53. The van der Waals surface area contributed by atoms with E-state index < -0.39 is 0 Å². The van der Waals surface area contributed by atoms with E-state index in [0.29, 0.717) is 22.8 Å². The highest BCUT2D eigenvalue weighted by molar-refractivity contribution is 9.10. The van der Waals surface area contributed by atoms with Crippen LogP contribution in [0.2, 0.25) is 0 Å². The van der Waals surface area contributed by atoms with E-state index in [1.807, 2.05) is 6.92 Å². The largest absolute Gasteiger partial charge is 0.464 e. The molecule has 20 heavy (non-hydrogen) atoms. The summed E-state index contributed by atoms with van der Waals surface area (Å²) in [5.74, 6) is 0.340. The number of anilines is 1. The van der Waals surface area contributed by atoms with Crippen LogP contribution in [0.1, 0.15) is 6.92 Å². The van der Waals surface area contributed by atoms with Gasteiger partial charge in [0.1, 0.15) is 11.6 Å². The second-order valence-electron chi connectivity index (χ2n) is 3.59. The minimum Gasteiger partial charge on any atom is -0.464 e. The molecule has 1 aromatic heterocycles. The van der Waals surface area contributed by atoms with Gasteiger partial charge in [0.25, 0.3) is 0 Å². The van der Waals surface area contributed by atoms with Gasteiger partial charge in [0.05, 0.1) is 11.1 Å². The van der Waals surface area contributed by atoms with Gasteiger partial charge < -0.3 is 14.8 Å². The summed E-state index contributed by atoms with van der Waals surface area (Å²) in [6.45, 7) is 2.25. The normalized spacial score (nSPS) is 10.2. The van der Waals surface area contributed by atoms with Crippen molar-refractivity contribution in [3.8, 4) is 17.8 Å². The summed E-state index contributed by atoms with van der Waals surface area (Å²) in [6.07, 6.45) is 0. The van der Waals surface area contributed by atoms with Crippen LogP contribution in [0.25, 0.3) is 0 Å². The van der Waals surface area contributed by atoms with Gasteiger partial charge in [0.15, 0.2) is 0 Å². The van der Waals surface area contributed by atoms with E-state index in [0.717, 1.165) is 0 Å². The summed E-state index contributed by atoms with van der Waals surface area (Å²) in [7, 11) is 1.67. The van der Waals surface area contributed by atoms with Gasteiger partial charge in [-0.3, -0.25) is 0 Å². The molecule has 1 heterocycles. The van der Waals surface area contributed by atoms with Crippen LogP contribution in [-0.4, -0.2) is 28.6 Å². The van der Waals surface area contributed by atoms with E-state index in [4.69, 9.17) is 9.47 Å². The van der Waals surface area contributed by atoms with Crippen LogP contribution in [0, 0.1) is 5.82 Å². The SMILES string of the molecule is CCOc1nc(NC)nc(Oc2ccc(F)c(Br)c2)n1. The van der Waals surface area contributed by atoms with Crippen molar-refractivity contribution in [3.63, 3.8) is 0 Å². The van der Waals surface area contributed by atoms with E-state index in [-0.39, 0.29) is 17.8 Å². The lowest BCUT2D eigenvalue weighted by Crippen LogP contribution is -2.05. The first-order valence-electron chi connectivity index (χ1n) is 5.82. The van der Waals surface area contributed by atoms with Gasteiger partial charge in [-0.05, 0) is 41.1 Å². The van der Waals surface area contributed by atoms with Crippen LogP contribution in [-0.2, 0) is 0 Å². The monoisotopic (exact) mass is 342 g/mol. The number of ether oxygens (including phenoxy) is 2. The Bertz CT molecular complexity index is 612. The number of hydrogen-bond acceptors (Lipinski definition) is 6. The molecule has 1 N–H and O–H groups in total. The molecule has 6 nitrogen and oxygen atoms in total. The molecule has 0 aliphatic rings. The number of nitrogens with one attached hydrogen (secondary N) is 1. The molecule has 0 atom stereocenters. The van der Waals surface area contributed by atoms with Gasteiger partial charge in [-0.1, -0.05) is 0 Å². The Morgan fingerprint density at radius 1 is 1.25 bits per heavy atom. The maximum atomic E-state index is 13.1. The standard InChI is InChI=1S/C12H12BrFN4O2/c1-3-19-11-16-10(15-2)17-12(18-11)20-7-4-5-9(14)8(13)6-7/h4-6H,3H2,1-2H3,(H,15,16,17,18). The second kappa shape index (κ2) is 6.47. The Morgan fingerprint density at radius 2 is 2.00 bits per heavy atom. The summed E-state index contributed by atoms with van der Waals surface area (Å²) in [6, 6.07) is 4.46. The number of halogens is 2. The summed E-state index contributed by atoms with van der Waals surface area (Å²) in [5.41, 5.74) is 0. The molecule has 0 aliphatic heterocycles. The summed E-state index contributed by atoms with van der Waals surface area (Å²) in [4.78, 5) is 12.0. The zero-order valence-corrected chi connectivity index (χ0v) is 12.4. The zero-order valence-electron chi connectivity index (χ0n) is 10.9. The number of rotatable bonds is 5. The third-order valence-electron chi connectivity index (χ3n) is 2.19. The first-order chi connectivity index (χ1) is 9.62. The van der Waals surface area contributed by atoms with E-state index in [9.17, 15) is 4.39 Å². The molecular weight excluding hydrogens is 331 g/mol. The van der Waals surface area contributed by atoms with E-state index >= 15 is 0 Å². The Balaban J connectivity index is 2.27. The lowest BCUT2D eigenvalue weighted by Gasteiger charge is -2.08. The molecule has 2 rings (SSSR count). The molecular formula is C12H12BrFN4O2. The molecule has 106 valence electrons. The molecule has 0 unspecified atom stereocenters. The fraction of sp³-hybridized carbons (Fsp3) is 0.250. The van der Waals surface area contributed by atoms with Crippen LogP contribution < -0.4 is 14.8 Å². The highest BCUT2D eigenvalue weighted by Crippen LogP contribution is 2.25. The van der Waals surface area contributed by atoms with Crippen molar-refractivity contribution < 1.29 is 13.9 Å². The van der Waals surface area contributed by atoms with Crippen LogP contribution in [0.5, 0.6) is 17.8 Å². The number of benzene rings is 1. The van der Waals surface area contributed by atoms with Crippen molar-refractivity contribution in [2.75, 3.05) is 19.0 Å². The molecule has 1 aromatic carbocycles. The Labute approximate surface area is 123 Å². The fourth-order valence-electron chi connectivity index (χ4n) is 1.33. The maximum Gasteiger partial charge on any atom is 0.330 e. The van der Waals surface area contributed by atoms with Crippen molar-refractivity contribution in [2.45, 2.75) is 6.92 Å². The van der Waals surface area contributed by atoms with Gasteiger partial charge in [0.2, 0.25) is 5.95 Å². The van der Waals surface area contributed by atoms with Crippen molar-refractivity contribution >= 4 is 21.9 Å². The Hall–Kier alpha value is -1.96. The van der Waals surface area contributed by atoms with Crippen LogP contribution in [0.3, 0.4) is 0 Å². The molecule has 0 saturated carbocycles. The molecule has 0 amide bonds. The van der Waals surface area contributed by atoms with Gasteiger partial charge in [-0.15, -0.1) is 4.98 Å². The van der Waals surface area contributed by atoms with Gasteiger partial charge in [-0.25, -0.2) is 4.39 Å². The van der Waals surface area contributed by atoms with Crippen LogP contribution in [0.15, 0.2) is 22.7 Å². The summed E-state index contributed by atoms with van der Waals surface area (Å²) < 4.78 is 24.1. The maximum absolute atomic E-state index is 13.1. The molecule has 0 bridgehead atoms. The predicted octanol–water partition coefficient (Wildman–Crippen LogP) is 3.01. The molecule has 0 spiro atoms. The summed E-state index contributed by atoms with van der Waals surface area (Å²) >= 11 is 3.08. The minimum absolute atomic E-state index is 0.0614. The molecule has 0 fully saturated rings. The lowest BCUT2D eigenvalue weighted by atomic mass is 10.3.